The predicted octanol–water partition coefficient (Wildman–Crippen LogP) is 0.958. The number of nitrogens with one attached hydrogen (secondary N) is 1. The van der Waals surface area contributed by atoms with Gasteiger partial charge >= 0.3 is 12.1 Å². The van der Waals surface area contributed by atoms with Gasteiger partial charge < -0.3 is 14.6 Å². The van der Waals surface area contributed by atoms with Crippen LogP contribution in [0.1, 0.15) is 27.2 Å². The maximum atomic E-state index is 11.4. The SMILES string of the molecule is CC(C)(C)OC(=O)NC1OCCC1C(=O)O. The minimum atomic E-state index is -0.974. The maximum absolute atomic E-state index is 11.4. The molecule has 0 bridgehead atoms. The molecule has 92 valence electrons. The summed E-state index contributed by atoms with van der Waals surface area (Å²) in [4.78, 5) is 22.2. The first kappa shape index (κ1) is 12.8. The van der Waals surface area contributed by atoms with Crippen molar-refractivity contribution < 1.29 is 24.2 Å². The van der Waals surface area contributed by atoms with Crippen molar-refractivity contribution in [1.29, 1.82) is 0 Å². The zero-order chi connectivity index (χ0) is 12.3. The zero-order valence-electron chi connectivity index (χ0n) is 9.65. The molecule has 0 aliphatic carbocycles. The maximum Gasteiger partial charge on any atom is 0.409 e. The molecule has 0 radical (unpaired) electrons. The Morgan fingerprint density at radius 2 is 2.06 bits per heavy atom. The Bertz CT molecular complexity index is 283. The summed E-state index contributed by atoms with van der Waals surface area (Å²) in [6, 6.07) is 0. The number of amides is 1. The van der Waals surface area contributed by atoms with E-state index < -0.39 is 29.8 Å². The number of hydrogen-bond acceptors (Lipinski definition) is 4. The second-order valence-corrected chi connectivity index (χ2v) is 4.67. The largest absolute Gasteiger partial charge is 0.481 e. The second-order valence-electron chi connectivity index (χ2n) is 4.67. The fourth-order valence-electron chi connectivity index (χ4n) is 1.41. The minimum absolute atomic E-state index is 0.331. The van der Waals surface area contributed by atoms with Crippen LogP contribution in [0, 0.1) is 5.92 Å². The molecular formula is C10H17NO5. The topological polar surface area (TPSA) is 84.9 Å². The van der Waals surface area contributed by atoms with Crippen LogP contribution in [-0.4, -0.2) is 35.6 Å². The van der Waals surface area contributed by atoms with Crippen molar-refractivity contribution in [2.24, 2.45) is 5.92 Å². The van der Waals surface area contributed by atoms with Crippen molar-refractivity contribution in [1.82, 2.24) is 5.32 Å². The molecule has 2 unspecified atom stereocenters. The van der Waals surface area contributed by atoms with Crippen molar-refractivity contribution in [3.05, 3.63) is 0 Å². The molecule has 6 nitrogen and oxygen atoms in total. The number of carboxylic acid groups (broad SMARTS) is 1. The highest BCUT2D eigenvalue weighted by molar-refractivity contribution is 5.73. The number of carboxylic acids is 1. The molecule has 2 atom stereocenters. The van der Waals surface area contributed by atoms with E-state index in [4.69, 9.17) is 14.6 Å². The normalized spacial score (nSPS) is 25.2. The third-order valence-electron chi connectivity index (χ3n) is 2.07. The molecule has 1 amide bonds. The lowest BCUT2D eigenvalue weighted by Gasteiger charge is -2.22. The highest BCUT2D eigenvalue weighted by atomic mass is 16.6. The van der Waals surface area contributed by atoms with Crippen LogP contribution in [-0.2, 0) is 14.3 Å². The molecule has 1 rings (SSSR count). The van der Waals surface area contributed by atoms with E-state index in [-0.39, 0.29) is 0 Å². The monoisotopic (exact) mass is 231 g/mol. The molecule has 1 heterocycles. The summed E-state index contributed by atoms with van der Waals surface area (Å²) in [5, 5.41) is 11.3. The van der Waals surface area contributed by atoms with Crippen LogP contribution in [0.4, 0.5) is 4.79 Å². The molecule has 0 aromatic rings. The molecule has 1 saturated heterocycles. The molecule has 2 N–H and O–H groups in total. The van der Waals surface area contributed by atoms with Gasteiger partial charge in [-0.05, 0) is 27.2 Å². The lowest BCUT2D eigenvalue weighted by Crippen LogP contribution is -2.43. The van der Waals surface area contributed by atoms with Crippen LogP contribution in [0.15, 0.2) is 0 Å². The lowest BCUT2D eigenvalue weighted by atomic mass is 10.1. The third kappa shape index (κ3) is 3.69. The molecular weight excluding hydrogens is 214 g/mol. The van der Waals surface area contributed by atoms with E-state index in [2.05, 4.69) is 5.32 Å². The van der Waals surface area contributed by atoms with Crippen LogP contribution in [0.3, 0.4) is 0 Å². The van der Waals surface area contributed by atoms with Gasteiger partial charge in [-0.3, -0.25) is 10.1 Å². The summed E-state index contributed by atoms with van der Waals surface area (Å²) in [7, 11) is 0. The number of carbonyl (C=O) groups is 2. The Hall–Kier alpha value is -1.30. The third-order valence-corrected chi connectivity index (χ3v) is 2.07. The molecule has 0 aromatic heterocycles. The van der Waals surface area contributed by atoms with Crippen LogP contribution in [0.2, 0.25) is 0 Å². The van der Waals surface area contributed by atoms with Gasteiger partial charge in [0, 0.05) is 0 Å². The van der Waals surface area contributed by atoms with Gasteiger partial charge in [-0.15, -0.1) is 0 Å². The molecule has 1 fully saturated rings. The van der Waals surface area contributed by atoms with Gasteiger partial charge in [0.1, 0.15) is 17.7 Å². The van der Waals surface area contributed by atoms with Crippen molar-refractivity contribution in [2.45, 2.75) is 39.0 Å². The molecule has 6 heteroatoms. The van der Waals surface area contributed by atoms with Gasteiger partial charge in [-0.25, -0.2) is 4.79 Å². The summed E-state index contributed by atoms with van der Waals surface area (Å²) >= 11 is 0. The highest BCUT2D eigenvalue weighted by Gasteiger charge is 2.36. The highest BCUT2D eigenvalue weighted by Crippen LogP contribution is 2.19. The van der Waals surface area contributed by atoms with Crippen molar-refractivity contribution >= 4 is 12.1 Å². The molecule has 1 aliphatic heterocycles. The van der Waals surface area contributed by atoms with E-state index >= 15 is 0 Å². The van der Waals surface area contributed by atoms with E-state index in [1.54, 1.807) is 20.8 Å². The van der Waals surface area contributed by atoms with Gasteiger partial charge in [0.25, 0.3) is 0 Å². The van der Waals surface area contributed by atoms with Gasteiger partial charge in [-0.1, -0.05) is 0 Å². The standard InChI is InChI=1S/C10H17NO5/c1-10(2,3)16-9(14)11-7-6(8(12)13)4-5-15-7/h6-7H,4-5H2,1-3H3,(H,11,14)(H,12,13). The Balaban J connectivity index is 2.47. The Morgan fingerprint density at radius 1 is 1.44 bits per heavy atom. The van der Waals surface area contributed by atoms with E-state index in [1.165, 1.54) is 0 Å². The first-order valence-electron chi connectivity index (χ1n) is 5.13. The smallest absolute Gasteiger partial charge is 0.409 e. The van der Waals surface area contributed by atoms with E-state index in [0.717, 1.165) is 0 Å². The number of carbonyl (C=O) groups excluding carboxylic acids is 1. The predicted molar refractivity (Wildman–Crippen MR) is 54.9 cm³/mol. The molecule has 16 heavy (non-hydrogen) atoms. The quantitative estimate of drug-likeness (QED) is 0.739. The molecule has 1 aliphatic rings. The first-order chi connectivity index (χ1) is 7.29. The number of rotatable bonds is 2. The summed E-state index contributed by atoms with van der Waals surface area (Å²) in [5.74, 6) is -1.67. The van der Waals surface area contributed by atoms with Gasteiger partial charge in [0.15, 0.2) is 0 Å². The summed E-state index contributed by atoms with van der Waals surface area (Å²) in [5.41, 5.74) is -0.610. The number of hydrogen-bond donors (Lipinski definition) is 2. The van der Waals surface area contributed by atoms with E-state index in [1.807, 2.05) is 0 Å². The van der Waals surface area contributed by atoms with Gasteiger partial charge in [0.2, 0.25) is 0 Å². The Morgan fingerprint density at radius 3 is 2.56 bits per heavy atom. The Labute approximate surface area is 93.9 Å². The van der Waals surface area contributed by atoms with Gasteiger partial charge in [-0.2, -0.15) is 0 Å². The van der Waals surface area contributed by atoms with Crippen LogP contribution in [0.5, 0.6) is 0 Å². The average Bonchev–Trinajstić information content (AvgIpc) is 2.47. The zero-order valence-corrected chi connectivity index (χ0v) is 9.65. The number of ether oxygens (including phenoxy) is 2. The van der Waals surface area contributed by atoms with Crippen LogP contribution < -0.4 is 5.32 Å². The second kappa shape index (κ2) is 4.69. The van der Waals surface area contributed by atoms with Crippen molar-refractivity contribution in [3.8, 4) is 0 Å². The molecule has 0 spiro atoms. The average molecular weight is 231 g/mol. The molecule has 0 saturated carbocycles. The van der Waals surface area contributed by atoms with Crippen molar-refractivity contribution in [3.63, 3.8) is 0 Å². The fraction of sp³-hybridized carbons (Fsp3) is 0.800. The fourth-order valence-corrected chi connectivity index (χ4v) is 1.41. The summed E-state index contributed by atoms with van der Waals surface area (Å²) in [6.45, 7) is 5.53. The van der Waals surface area contributed by atoms with E-state index in [0.29, 0.717) is 13.0 Å². The minimum Gasteiger partial charge on any atom is -0.481 e. The van der Waals surface area contributed by atoms with Crippen LogP contribution in [0.25, 0.3) is 0 Å². The van der Waals surface area contributed by atoms with Crippen LogP contribution >= 0.6 is 0 Å². The Kier molecular flexibility index (Phi) is 3.74. The van der Waals surface area contributed by atoms with Crippen molar-refractivity contribution in [2.75, 3.05) is 6.61 Å². The van der Waals surface area contributed by atoms with E-state index in [9.17, 15) is 9.59 Å². The summed E-state index contributed by atoms with van der Waals surface area (Å²) < 4.78 is 10.1. The number of alkyl carbamates (subject to hydrolysis) is 1. The lowest BCUT2D eigenvalue weighted by molar-refractivity contribution is -0.143. The first-order valence-corrected chi connectivity index (χ1v) is 5.13. The molecule has 0 aromatic carbocycles. The van der Waals surface area contributed by atoms with Gasteiger partial charge in [0.05, 0.1) is 6.61 Å². The number of aliphatic carboxylic acids is 1. The summed E-state index contributed by atoms with van der Waals surface area (Å²) in [6.07, 6.45) is -1.06.